The first-order valence-electron chi connectivity index (χ1n) is 4.39. The van der Waals surface area contributed by atoms with Gasteiger partial charge in [0.05, 0.1) is 0 Å². The fraction of sp³-hybridized carbons (Fsp3) is 0.400. The van der Waals surface area contributed by atoms with Crippen molar-refractivity contribution < 1.29 is 4.39 Å². The summed E-state index contributed by atoms with van der Waals surface area (Å²) in [5.74, 6) is -0.240. The molecule has 1 nitrogen and oxygen atoms in total. The zero-order valence-electron chi connectivity index (χ0n) is 8.02. The molecule has 0 heterocycles. The van der Waals surface area contributed by atoms with Gasteiger partial charge in [0.1, 0.15) is 5.82 Å². The third kappa shape index (κ3) is 3.82. The van der Waals surface area contributed by atoms with Crippen LogP contribution in [0.2, 0.25) is 5.02 Å². The van der Waals surface area contributed by atoms with Crippen molar-refractivity contribution in [1.82, 2.24) is 5.32 Å². The molecule has 0 aromatic heterocycles. The second-order valence-electron chi connectivity index (χ2n) is 2.88. The second-order valence-corrected chi connectivity index (χ2v) is 3.28. The summed E-state index contributed by atoms with van der Waals surface area (Å²) in [4.78, 5) is 0. The van der Waals surface area contributed by atoms with Crippen molar-refractivity contribution in [3.63, 3.8) is 0 Å². The van der Waals surface area contributed by atoms with Crippen LogP contribution in [-0.4, -0.2) is 6.54 Å². The van der Waals surface area contributed by atoms with Gasteiger partial charge < -0.3 is 5.32 Å². The summed E-state index contributed by atoms with van der Waals surface area (Å²) in [5, 5.41) is 3.60. The van der Waals surface area contributed by atoms with E-state index in [0.717, 1.165) is 13.0 Å². The Morgan fingerprint density at radius 1 is 1.43 bits per heavy atom. The van der Waals surface area contributed by atoms with E-state index in [1.165, 1.54) is 6.07 Å². The lowest BCUT2D eigenvalue weighted by atomic mass is 10.2. The monoisotopic (exact) mass is 237 g/mol. The van der Waals surface area contributed by atoms with Crippen LogP contribution < -0.4 is 5.32 Å². The molecule has 0 radical (unpaired) electrons. The van der Waals surface area contributed by atoms with Gasteiger partial charge in [0.2, 0.25) is 0 Å². The van der Waals surface area contributed by atoms with E-state index in [2.05, 4.69) is 12.2 Å². The molecule has 0 bridgehead atoms. The van der Waals surface area contributed by atoms with Crippen molar-refractivity contribution >= 4 is 24.0 Å². The highest BCUT2D eigenvalue weighted by molar-refractivity contribution is 6.31. The summed E-state index contributed by atoms with van der Waals surface area (Å²) < 4.78 is 13.2. The fourth-order valence-electron chi connectivity index (χ4n) is 1.09. The average Bonchev–Trinajstić information content (AvgIpc) is 2.10. The predicted molar refractivity (Wildman–Crippen MR) is 60.7 cm³/mol. The highest BCUT2D eigenvalue weighted by Gasteiger charge is 2.04. The predicted octanol–water partition coefficient (Wildman–Crippen LogP) is 3.40. The Balaban J connectivity index is 0.00000169. The van der Waals surface area contributed by atoms with Gasteiger partial charge in [-0.15, -0.1) is 12.4 Å². The summed E-state index contributed by atoms with van der Waals surface area (Å²) in [6.45, 7) is 3.44. The molecule has 0 spiro atoms. The summed E-state index contributed by atoms with van der Waals surface area (Å²) >= 11 is 5.83. The van der Waals surface area contributed by atoms with Crippen LogP contribution in [-0.2, 0) is 6.54 Å². The maximum atomic E-state index is 13.2. The van der Waals surface area contributed by atoms with Gasteiger partial charge in [-0.25, -0.2) is 4.39 Å². The largest absolute Gasteiger partial charge is 0.313 e. The molecule has 1 aromatic carbocycles. The van der Waals surface area contributed by atoms with Gasteiger partial charge in [-0.2, -0.15) is 0 Å². The zero-order valence-corrected chi connectivity index (χ0v) is 9.59. The number of hydrogen-bond donors (Lipinski definition) is 1. The van der Waals surface area contributed by atoms with E-state index in [9.17, 15) is 4.39 Å². The summed E-state index contributed by atoms with van der Waals surface area (Å²) in [6.07, 6.45) is 1.03. The minimum absolute atomic E-state index is 0. The average molecular weight is 238 g/mol. The van der Waals surface area contributed by atoms with Crippen molar-refractivity contribution in [2.75, 3.05) is 6.54 Å². The lowest BCUT2D eigenvalue weighted by Gasteiger charge is -2.06. The molecule has 0 unspecified atom stereocenters. The van der Waals surface area contributed by atoms with Gasteiger partial charge in [0.25, 0.3) is 0 Å². The quantitative estimate of drug-likeness (QED) is 0.792. The minimum Gasteiger partial charge on any atom is -0.313 e. The molecule has 0 saturated carbocycles. The Kier molecular flexibility index (Phi) is 6.89. The van der Waals surface area contributed by atoms with Crippen LogP contribution in [0.3, 0.4) is 0 Å². The molecular formula is C10H14Cl2FN. The maximum Gasteiger partial charge on any atom is 0.129 e. The summed E-state index contributed by atoms with van der Waals surface area (Å²) in [7, 11) is 0. The van der Waals surface area contributed by atoms with Crippen LogP contribution in [0.15, 0.2) is 18.2 Å². The van der Waals surface area contributed by atoms with Crippen molar-refractivity contribution in [3.8, 4) is 0 Å². The van der Waals surface area contributed by atoms with Crippen LogP contribution >= 0.6 is 24.0 Å². The maximum absolute atomic E-state index is 13.2. The standard InChI is InChI=1S/C10H13ClFN.ClH/c1-2-6-13-7-8-9(11)4-3-5-10(8)12;/h3-5,13H,2,6-7H2,1H3;1H. The molecule has 1 aromatic rings. The lowest BCUT2D eigenvalue weighted by molar-refractivity contribution is 0.586. The summed E-state index contributed by atoms with van der Waals surface area (Å²) in [6, 6.07) is 4.74. The first-order valence-corrected chi connectivity index (χ1v) is 4.77. The van der Waals surface area contributed by atoms with Crippen molar-refractivity contribution in [1.29, 1.82) is 0 Å². The highest BCUT2D eigenvalue weighted by atomic mass is 35.5. The summed E-state index contributed by atoms with van der Waals surface area (Å²) in [5.41, 5.74) is 0.553. The van der Waals surface area contributed by atoms with Gasteiger partial charge >= 0.3 is 0 Å². The van der Waals surface area contributed by atoms with Gasteiger partial charge in [-0.3, -0.25) is 0 Å². The SMILES string of the molecule is CCCNCc1c(F)cccc1Cl.Cl. The molecule has 14 heavy (non-hydrogen) atoms. The van der Waals surface area contributed by atoms with E-state index >= 15 is 0 Å². The van der Waals surface area contributed by atoms with Gasteiger partial charge in [-0.1, -0.05) is 24.6 Å². The number of halogens is 3. The zero-order chi connectivity index (χ0) is 9.68. The third-order valence-corrected chi connectivity index (χ3v) is 2.14. The molecule has 0 fully saturated rings. The molecule has 0 aliphatic carbocycles. The Hall–Kier alpha value is -0.310. The van der Waals surface area contributed by atoms with E-state index in [0.29, 0.717) is 17.1 Å². The topological polar surface area (TPSA) is 12.0 Å². The number of hydrogen-bond acceptors (Lipinski definition) is 1. The minimum atomic E-state index is -0.240. The van der Waals surface area contributed by atoms with E-state index in [4.69, 9.17) is 11.6 Å². The molecular weight excluding hydrogens is 224 g/mol. The van der Waals surface area contributed by atoms with Gasteiger partial charge in [-0.05, 0) is 25.1 Å². The molecule has 4 heteroatoms. The number of benzene rings is 1. The first-order chi connectivity index (χ1) is 6.25. The second kappa shape index (κ2) is 7.04. The molecule has 80 valence electrons. The molecule has 0 aliphatic rings. The molecule has 0 amide bonds. The molecule has 1 rings (SSSR count). The van der Waals surface area contributed by atoms with E-state index in [-0.39, 0.29) is 18.2 Å². The van der Waals surface area contributed by atoms with Gasteiger partial charge in [0, 0.05) is 17.1 Å². The van der Waals surface area contributed by atoms with Crippen LogP contribution in [0.4, 0.5) is 4.39 Å². The smallest absolute Gasteiger partial charge is 0.129 e. The molecule has 0 aliphatic heterocycles. The molecule has 0 atom stereocenters. The van der Waals surface area contributed by atoms with Crippen LogP contribution in [0.25, 0.3) is 0 Å². The molecule has 0 saturated heterocycles. The van der Waals surface area contributed by atoms with E-state index in [1.807, 2.05) is 0 Å². The third-order valence-electron chi connectivity index (χ3n) is 1.79. The van der Waals surface area contributed by atoms with Crippen LogP contribution in [0.5, 0.6) is 0 Å². The lowest BCUT2D eigenvalue weighted by Crippen LogP contribution is -2.15. The Labute approximate surface area is 95.1 Å². The van der Waals surface area contributed by atoms with Crippen molar-refractivity contribution in [2.24, 2.45) is 0 Å². The van der Waals surface area contributed by atoms with Gasteiger partial charge in [0.15, 0.2) is 0 Å². The normalized spacial score (nSPS) is 9.64. The highest BCUT2D eigenvalue weighted by Crippen LogP contribution is 2.18. The Morgan fingerprint density at radius 3 is 2.71 bits per heavy atom. The van der Waals surface area contributed by atoms with E-state index in [1.54, 1.807) is 12.1 Å². The Morgan fingerprint density at radius 2 is 2.14 bits per heavy atom. The van der Waals surface area contributed by atoms with Crippen molar-refractivity contribution in [2.45, 2.75) is 19.9 Å². The van der Waals surface area contributed by atoms with Crippen molar-refractivity contribution in [3.05, 3.63) is 34.6 Å². The van der Waals surface area contributed by atoms with Crippen LogP contribution in [0, 0.1) is 5.82 Å². The Bertz CT molecular complexity index is 259. The number of nitrogens with one attached hydrogen (secondary N) is 1. The first kappa shape index (κ1) is 13.7. The molecule has 1 N–H and O–H groups in total. The number of rotatable bonds is 4. The van der Waals surface area contributed by atoms with Crippen LogP contribution in [0.1, 0.15) is 18.9 Å². The van der Waals surface area contributed by atoms with E-state index < -0.39 is 0 Å². The fourth-order valence-corrected chi connectivity index (χ4v) is 1.32.